The summed E-state index contributed by atoms with van der Waals surface area (Å²) in [6.45, 7) is 2.36. The van der Waals surface area contributed by atoms with Crippen LogP contribution < -0.4 is 5.73 Å². The summed E-state index contributed by atoms with van der Waals surface area (Å²) in [5, 5.41) is 0. The molecule has 0 saturated carbocycles. The molecule has 16 heavy (non-hydrogen) atoms. The number of hydrogen-bond acceptors (Lipinski definition) is 4. The molecule has 0 spiro atoms. The Balaban J connectivity index is 2.47. The zero-order valence-electron chi connectivity index (χ0n) is 9.14. The molecule has 0 radical (unpaired) electrons. The maximum atomic E-state index is 12.4. The third-order valence-corrected chi connectivity index (χ3v) is 5.39. The fourth-order valence-corrected chi connectivity index (χ4v) is 3.54. The van der Waals surface area contributed by atoms with Crippen molar-refractivity contribution in [2.24, 2.45) is 5.73 Å². The van der Waals surface area contributed by atoms with Crippen molar-refractivity contribution < 1.29 is 13.2 Å². The molecule has 2 rings (SSSR count). The van der Waals surface area contributed by atoms with Crippen molar-refractivity contribution in [2.75, 3.05) is 19.8 Å². The van der Waals surface area contributed by atoms with Gasteiger partial charge in [0.25, 0.3) is 0 Å². The first-order valence-electron chi connectivity index (χ1n) is 5.11. The van der Waals surface area contributed by atoms with E-state index in [-0.39, 0.29) is 19.8 Å². The third-order valence-electron chi connectivity index (χ3n) is 2.97. The summed E-state index contributed by atoms with van der Waals surface area (Å²) in [5.74, 6) is 0. The lowest BCUT2D eigenvalue weighted by molar-refractivity contribution is -0.00924. The molecule has 1 fully saturated rings. The number of sulfone groups is 1. The van der Waals surface area contributed by atoms with E-state index < -0.39 is 14.6 Å². The Morgan fingerprint density at radius 2 is 2.12 bits per heavy atom. The highest BCUT2D eigenvalue weighted by atomic mass is 32.2. The van der Waals surface area contributed by atoms with Gasteiger partial charge >= 0.3 is 0 Å². The lowest BCUT2D eigenvalue weighted by Gasteiger charge is -2.39. The minimum Gasteiger partial charge on any atom is -0.378 e. The van der Waals surface area contributed by atoms with Crippen LogP contribution in [0.15, 0.2) is 29.2 Å². The molecule has 1 aromatic rings. The Kier molecular flexibility index (Phi) is 2.77. The first-order chi connectivity index (χ1) is 7.52. The van der Waals surface area contributed by atoms with Crippen molar-refractivity contribution in [3.05, 3.63) is 29.8 Å². The molecule has 1 aromatic carbocycles. The van der Waals surface area contributed by atoms with Gasteiger partial charge in [0, 0.05) is 6.54 Å². The molecule has 1 saturated heterocycles. The van der Waals surface area contributed by atoms with E-state index in [0.717, 1.165) is 5.56 Å². The quantitative estimate of drug-likeness (QED) is 0.836. The molecule has 0 bridgehead atoms. The molecule has 0 amide bonds. The van der Waals surface area contributed by atoms with Crippen LogP contribution >= 0.6 is 0 Å². The molecule has 0 atom stereocenters. The lowest BCUT2D eigenvalue weighted by atomic mass is 10.1. The van der Waals surface area contributed by atoms with Crippen molar-refractivity contribution in [2.45, 2.75) is 16.6 Å². The highest BCUT2D eigenvalue weighted by molar-refractivity contribution is 7.93. The maximum Gasteiger partial charge on any atom is 0.189 e. The van der Waals surface area contributed by atoms with E-state index in [1.807, 2.05) is 13.0 Å². The molecule has 1 aliphatic heterocycles. The van der Waals surface area contributed by atoms with Crippen molar-refractivity contribution in [1.82, 2.24) is 0 Å². The van der Waals surface area contributed by atoms with Crippen LogP contribution in [-0.4, -0.2) is 32.9 Å². The molecule has 0 aromatic heterocycles. The van der Waals surface area contributed by atoms with Gasteiger partial charge in [0.1, 0.15) is 4.75 Å². The fraction of sp³-hybridized carbons (Fsp3) is 0.455. The Morgan fingerprint density at radius 1 is 1.44 bits per heavy atom. The number of aryl methyl sites for hydroxylation is 1. The van der Waals surface area contributed by atoms with Gasteiger partial charge in [0.05, 0.1) is 18.1 Å². The zero-order chi connectivity index (χ0) is 11.8. The standard InChI is InChI=1S/C11H15NO3S/c1-9-3-2-4-10(5-9)16(13,14)11(6-12)7-15-8-11/h2-5H,6-8,12H2,1H3. The highest BCUT2D eigenvalue weighted by Gasteiger charge is 2.50. The van der Waals surface area contributed by atoms with Gasteiger partial charge in [0.2, 0.25) is 0 Å². The van der Waals surface area contributed by atoms with Crippen LogP contribution in [0, 0.1) is 6.92 Å². The van der Waals surface area contributed by atoms with E-state index in [1.54, 1.807) is 18.2 Å². The number of benzene rings is 1. The molecular weight excluding hydrogens is 226 g/mol. The third kappa shape index (κ3) is 1.55. The first kappa shape index (κ1) is 11.6. The van der Waals surface area contributed by atoms with Crippen LogP contribution in [0.5, 0.6) is 0 Å². The zero-order valence-corrected chi connectivity index (χ0v) is 9.96. The van der Waals surface area contributed by atoms with E-state index in [9.17, 15) is 8.42 Å². The van der Waals surface area contributed by atoms with Crippen molar-refractivity contribution in [3.63, 3.8) is 0 Å². The average Bonchev–Trinajstić information content (AvgIpc) is 2.16. The van der Waals surface area contributed by atoms with E-state index >= 15 is 0 Å². The van der Waals surface area contributed by atoms with Gasteiger partial charge < -0.3 is 10.5 Å². The van der Waals surface area contributed by atoms with Crippen LogP contribution in [0.3, 0.4) is 0 Å². The maximum absolute atomic E-state index is 12.4. The monoisotopic (exact) mass is 241 g/mol. The molecule has 1 heterocycles. The van der Waals surface area contributed by atoms with Gasteiger partial charge in [-0.15, -0.1) is 0 Å². The fourth-order valence-electron chi connectivity index (χ4n) is 1.74. The van der Waals surface area contributed by atoms with Gasteiger partial charge in [0.15, 0.2) is 9.84 Å². The predicted molar refractivity (Wildman–Crippen MR) is 61.0 cm³/mol. The van der Waals surface area contributed by atoms with E-state index in [1.165, 1.54) is 0 Å². The second-order valence-electron chi connectivity index (χ2n) is 4.20. The molecule has 1 aliphatic rings. The molecule has 2 N–H and O–H groups in total. The summed E-state index contributed by atoms with van der Waals surface area (Å²) in [7, 11) is -3.39. The number of hydrogen-bond donors (Lipinski definition) is 1. The largest absolute Gasteiger partial charge is 0.378 e. The average molecular weight is 241 g/mol. The predicted octanol–water partition coefficient (Wildman–Crippen LogP) is 0.496. The summed E-state index contributed by atoms with van der Waals surface area (Å²) < 4.78 is 28.8. The lowest BCUT2D eigenvalue weighted by Crippen LogP contribution is -2.60. The van der Waals surface area contributed by atoms with E-state index in [2.05, 4.69) is 0 Å². The van der Waals surface area contributed by atoms with Crippen LogP contribution in [0.25, 0.3) is 0 Å². The summed E-state index contributed by atoms with van der Waals surface area (Å²) in [6, 6.07) is 6.89. The van der Waals surface area contributed by atoms with Gasteiger partial charge in [-0.3, -0.25) is 0 Å². The number of nitrogens with two attached hydrogens (primary N) is 1. The first-order valence-corrected chi connectivity index (χ1v) is 6.59. The highest BCUT2D eigenvalue weighted by Crippen LogP contribution is 2.32. The smallest absolute Gasteiger partial charge is 0.189 e. The Labute approximate surface area is 95.3 Å². The second-order valence-corrected chi connectivity index (χ2v) is 6.54. The van der Waals surface area contributed by atoms with Crippen molar-refractivity contribution in [1.29, 1.82) is 0 Å². The summed E-state index contributed by atoms with van der Waals surface area (Å²) >= 11 is 0. The molecular formula is C11H15NO3S. The Hall–Kier alpha value is -0.910. The van der Waals surface area contributed by atoms with Crippen LogP contribution in [-0.2, 0) is 14.6 Å². The minimum atomic E-state index is -3.39. The molecule has 4 nitrogen and oxygen atoms in total. The second kappa shape index (κ2) is 3.84. The molecule has 88 valence electrons. The SMILES string of the molecule is Cc1cccc(S(=O)(=O)C2(CN)COC2)c1. The van der Waals surface area contributed by atoms with Gasteiger partial charge in [-0.05, 0) is 24.6 Å². The topological polar surface area (TPSA) is 69.4 Å². The molecule has 5 heteroatoms. The van der Waals surface area contributed by atoms with Gasteiger partial charge in [-0.1, -0.05) is 12.1 Å². The van der Waals surface area contributed by atoms with Gasteiger partial charge in [-0.2, -0.15) is 0 Å². The van der Waals surface area contributed by atoms with Crippen molar-refractivity contribution in [3.8, 4) is 0 Å². The Bertz CT molecular complexity index is 486. The molecule has 0 aliphatic carbocycles. The van der Waals surface area contributed by atoms with Crippen LogP contribution in [0.1, 0.15) is 5.56 Å². The van der Waals surface area contributed by atoms with Crippen LogP contribution in [0.2, 0.25) is 0 Å². The summed E-state index contributed by atoms with van der Waals surface area (Å²) in [6.07, 6.45) is 0. The number of rotatable bonds is 3. The summed E-state index contributed by atoms with van der Waals surface area (Å²) in [4.78, 5) is 0.334. The normalized spacial score (nSPS) is 19.1. The van der Waals surface area contributed by atoms with Crippen molar-refractivity contribution >= 4 is 9.84 Å². The minimum absolute atomic E-state index is 0.100. The number of ether oxygens (including phenoxy) is 1. The van der Waals surface area contributed by atoms with Crippen LogP contribution in [0.4, 0.5) is 0 Å². The van der Waals surface area contributed by atoms with Gasteiger partial charge in [-0.25, -0.2) is 8.42 Å². The van der Waals surface area contributed by atoms with E-state index in [0.29, 0.717) is 4.90 Å². The molecule has 0 unspecified atom stereocenters. The Morgan fingerprint density at radius 3 is 2.56 bits per heavy atom. The van der Waals surface area contributed by atoms with E-state index in [4.69, 9.17) is 10.5 Å². The summed E-state index contributed by atoms with van der Waals surface area (Å²) in [5.41, 5.74) is 6.50.